The molecule has 0 aromatic rings. The Morgan fingerprint density at radius 3 is 2.62 bits per heavy atom. The highest BCUT2D eigenvalue weighted by Crippen LogP contribution is 2.26. The molecule has 0 fully saturated rings. The Labute approximate surface area is 81.2 Å². The molecule has 1 aliphatic rings. The van der Waals surface area contributed by atoms with Crippen LogP contribution in [0.15, 0.2) is 22.8 Å². The summed E-state index contributed by atoms with van der Waals surface area (Å²) in [6.45, 7) is 4.78. The molecule has 13 heavy (non-hydrogen) atoms. The Balaban J connectivity index is 2.30. The van der Waals surface area contributed by atoms with Crippen molar-refractivity contribution in [3.05, 3.63) is 22.8 Å². The second kappa shape index (κ2) is 5.23. The first-order valence-electron chi connectivity index (χ1n) is 5.18. The average molecular weight is 180 g/mol. The lowest BCUT2D eigenvalue weighted by Gasteiger charge is -2.15. The zero-order chi connectivity index (χ0) is 9.68. The summed E-state index contributed by atoms with van der Waals surface area (Å²) in [5, 5.41) is 8.66. The van der Waals surface area contributed by atoms with Gasteiger partial charge in [-0.3, -0.25) is 0 Å². The Hall–Kier alpha value is -0.560. The summed E-state index contributed by atoms with van der Waals surface area (Å²) in [7, 11) is 0. The third kappa shape index (κ3) is 3.35. The number of hydrogen-bond donors (Lipinski definition) is 1. The van der Waals surface area contributed by atoms with Crippen molar-refractivity contribution in [1.29, 1.82) is 0 Å². The maximum absolute atomic E-state index is 8.66. The molecule has 1 N–H and O–H groups in total. The van der Waals surface area contributed by atoms with Gasteiger partial charge in [0, 0.05) is 6.61 Å². The zero-order valence-electron chi connectivity index (χ0n) is 8.77. The van der Waals surface area contributed by atoms with Gasteiger partial charge in [0.1, 0.15) is 0 Å². The van der Waals surface area contributed by atoms with E-state index in [1.807, 2.05) is 0 Å². The van der Waals surface area contributed by atoms with Crippen LogP contribution in [0.25, 0.3) is 0 Å². The number of rotatable bonds is 4. The average Bonchev–Trinajstić information content (AvgIpc) is 2.12. The standard InChI is InChI=1S/C12H20O/c1-10-6-7-12(9-11(10)2)5-3-4-8-13/h7,13H,3-6,8-9H2,1-2H3. The van der Waals surface area contributed by atoms with E-state index in [4.69, 9.17) is 5.11 Å². The molecular formula is C12H20O. The molecule has 0 spiro atoms. The molecule has 0 aromatic heterocycles. The van der Waals surface area contributed by atoms with Gasteiger partial charge in [-0.25, -0.2) is 0 Å². The highest BCUT2D eigenvalue weighted by molar-refractivity contribution is 5.26. The fourth-order valence-corrected chi connectivity index (χ4v) is 1.69. The largest absolute Gasteiger partial charge is 0.396 e. The summed E-state index contributed by atoms with van der Waals surface area (Å²) in [4.78, 5) is 0. The third-order valence-corrected chi connectivity index (χ3v) is 2.82. The van der Waals surface area contributed by atoms with Crippen LogP contribution in [-0.2, 0) is 0 Å². The van der Waals surface area contributed by atoms with Crippen LogP contribution in [-0.4, -0.2) is 11.7 Å². The summed E-state index contributed by atoms with van der Waals surface area (Å²) >= 11 is 0. The number of allylic oxidation sites excluding steroid dienone is 4. The molecule has 1 rings (SSSR count). The minimum absolute atomic E-state index is 0.334. The first-order valence-corrected chi connectivity index (χ1v) is 5.18. The number of aliphatic hydroxyl groups excluding tert-OH is 1. The Morgan fingerprint density at radius 1 is 1.23 bits per heavy atom. The van der Waals surface area contributed by atoms with E-state index in [1.165, 1.54) is 12.0 Å². The maximum Gasteiger partial charge on any atom is 0.0431 e. The first kappa shape index (κ1) is 10.5. The lowest BCUT2D eigenvalue weighted by molar-refractivity contribution is 0.284. The molecule has 0 unspecified atom stereocenters. The number of unbranched alkanes of at least 4 members (excludes halogenated alkanes) is 1. The molecule has 1 heteroatoms. The van der Waals surface area contributed by atoms with Crippen molar-refractivity contribution in [2.75, 3.05) is 6.61 Å². The molecule has 74 valence electrons. The first-order chi connectivity index (χ1) is 6.24. The Kier molecular flexibility index (Phi) is 4.23. The molecule has 0 atom stereocenters. The van der Waals surface area contributed by atoms with E-state index in [9.17, 15) is 0 Å². The van der Waals surface area contributed by atoms with Crippen LogP contribution in [0.5, 0.6) is 0 Å². The van der Waals surface area contributed by atoms with Gasteiger partial charge in [-0.15, -0.1) is 0 Å². The van der Waals surface area contributed by atoms with E-state index in [-0.39, 0.29) is 0 Å². The molecule has 1 aliphatic carbocycles. The SMILES string of the molecule is CC1=C(C)CC(CCCCO)=CC1. The molecule has 0 heterocycles. The molecule has 0 amide bonds. The van der Waals surface area contributed by atoms with E-state index >= 15 is 0 Å². The molecular weight excluding hydrogens is 160 g/mol. The van der Waals surface area contributed by atoms with Gasteiger partial charge in [-0.1, -0.05) is 22.8 Å². The molecule has 0 saturated carbocycles. The van der Waals surface area contributed by atoms with Gasteiger partial charge in [0.15, 0.2) is 0 Å². The predicted molar refractivity (Wildman–Crippen MR) is 56.6 cm³/mol. The molecule has 0 saturated heterocycles. The van der Waals surface area contributed by atoms with Crippen LogP contribution in [0.3, 0.4) is 0 Å². The fraction of sp³-hybridized carbons (Fsp3) is 0.667. The quantitative estimate of drug-likeness (QED) is 0.520. The van der Waals surface area contributed by atoms with Crippen molar-refractivity contribution in [2.45, 2.75) is 46.0 Å². The third-order valence-electron chi connectivity index (χ3n) is 2.82. The van der Waals surface area contributed by atoms with Crippen molar-refractivity contribution in [1.82, 2.24) is 0 Å². The monoisotopic (exact) mass is 180 g/mol. The molecule has 0 bridgehead atoms. The number of hydrogen-bond acceptors (Lipinski definition) is 1. The predicted octanol–water partition coefficient (Wildman–Crippen LogP) is 3.21. The number of aliphatic hydroxyl groups is 1. The Morgan fingerprint density at radius 2 is 2.00 bits per heavy atom. The zero-order valence-corrected chi connectivity index (χ0v) is 8.77. The summed E-state index contributed by atoms with van der Waals surface area (Å²) in [6, 6.07) is 0. The highest BCUT2D eigenvalue weighted by Gasteiger charge is 2.06. The van der Waals surface area contributed by atoms with Crippen LogP contribution >= 0.6 is 0 Å². The fourth-order valence-electron chi connectivity index (χ4n) is 1.69. The smallest absolute Gasteiger partial charge is 0.0431 e. The van der Waals surface area contributed by atoms with Crippen LogP contribution in [0.4, 0.5) is 0 Å². The molecule has 1 nitrogen and oxygen atoms in total. The van der Waals surface area contributed by atoms with Crippen molar-refractivity contribution < 1.29 is 5.11 Å². The highest BCUT2D eigenvalue weighted by atomic mass is 16.2. The lowest BCUT2D eigenvalue weighted by Crippen LogP contribution is -1.96. The van der Waals surface area contributed by atoms with E-state index in [0.29, 0.717) is 6.61 Å². The van der Waals surface area contributed by atoms with Crippen LogP contribution in [0.2, 0.25) is 0 Å². The minimum Gasteiger partial charge on any atom is -0.396 e. The van der Waals surface area contributed by atoms with E-state index < -0.39 is 0 Å². The van der Waals surface area contributed by atoms with Crippen molar-refractivity contribution in [3.63, 3.8) is 0 Å². The normalized spacial score (nSPS) is 17.6. The van der Waals surface area contributed by atoms with Crippen LogP contribution in [0.1, 0.15) is 46.0 Å². The molecule has 0 aromatic carbocycles. The molecule has 0 aliphatic heterocycles. The van der Waals surface area contributed by atoms with Gasteiger partial charge in [-0.05, 0) is 46.0 Å². The summed E-state index contributed by atoms with van der Waals surface area (Å²) in [5.74, 6) is 0. The molecule has 0 radical (unpaired) electrons. The van der Waals surface area contributed by atoms with E-state index in [0.717, 1.165) is 25.7 Å². The van der Waals surface area contributed by atoms with Crippen molar-refractivity contribution in [3.8, 4) is 0 Å². The van der Waals surface area contributed by atoms with Gasteiger partial charge in [0.05, 0.1) is 0 Å². The lowest BCUT2D eigenvalue weighted by atomic mass is 9.91. The topological polar surface area (TPSA) is 20.2 Å². The van der Waals surface area contributed by atoms with Gasteiger partial charge in [0.2, 0.25) is 0 Å². The maximum atomic E-state index is 8.66. The van der Waals surface area contributed by atoms with Crippen molar-refractivity contribution >= 4 is 0 Å². The summed E-state index contributed by atoms with van der Waals surface area (Å²) in [5.41, 5.74) is 4.64. The van der Waals surface area contributed by atoms with Gasteiger partial charge in [-0.2, -0.15) is 0 Å². The van der Waals surface area contributed by atoms with Gasteiger partial charge in [0.25, 0.3) is 0 Å². The van der Waals surface area contributed by atoms with Gasteiger partial charge >= 0.3 is 0 Å². The van der Waals surface area contributed by atoms with Crippen LogP contribution < -0.4 is 0 Å². The summed E-state index contributed by atoms with van der Waals surface area (Å²) < 4.78 is 0. The van der Waals surface area contributed by atoms with Crippen molar-refractivity contribution in [2.24, 2.45) is 0 Å². The second-order valence-corrected chi connectivity index (χ2v) is 3.98. The van der Waals surface area contributed by atoms with E-state index in [1.54, 1.807) is 11.1 Å². The van der Waals surface area contributed by atoms with Crippen LogP contribution in [0, 0.1) is 0 Å². The second-order valence-electron chi connectivity index (χ2n) is 3.98. The Bertz CT molecular complexity index is 223. The minimum atomic E-state index is 0.334. The van der Waals surface area contributed by atoms with Gasteiger partial charge < -0.3 is 5.11 Å². The van der Waals surface area contributed by atoms with E-state index in [2.05, 4.69) is 19.9 Å². The summed E-state index contributed by atoms with van der Waals surface area (Å²) in [6.07, 6.45) is 7.91.